The van der Waals surface area contributed by atoms with Crippen LogP contribution in [0.25, 0.3) is 0 Å². The van der Waals surface area contributed by atoms with Gasteiger partial charge in [0, 0.05) is 13.0 Å². The summed E-state index contributed by atoms with van der Waals surface area (Å²) in [6, 6.07) is 0. The van der Waals surface area contributed by atoms with E-state index in [4.69, 9.17) is 18.9 Å². The van der Waals surface area contributed by atoms with Crippen LogP contribution in [0.15, 0.2) is 85.1 Å². The number of hydrogen-bond acceptors (Lipinski definition) is 9. The van der Waals surface area contributed by atoms with Crippen LogP contribution in [0, 0.1) is 0 Å². The quantitative estimate of drug-likeness (QED) is 0.0268. The number of carbonyl (C=O) groups excluding carboxylic acids is 1. The first-order chi connectivity index (χ1) is 30.9. The van der Waals surface area contributed by atoms with Gasteiger partial charge in [-0.05, 0) is 89.9 Å². The van der Waals surface area contributed by atoms with E-state index in [0.29, 0.717) is 13.0 Å². The van der Waals surface area contributed by atoms with Crippen LogP contribution >= 0.6 is 0 Å². The van der Waals surface area contributed by atoms with Gasteiger partial charge in [0.2, 0.25) is 0 Å². The molecule has 9 heteroatoms. The molecule has 0 aromatic carbocycles. The molecular weight excluding hydrogens is 793 g/mol. The third-order valence-electron chi connectivity index (χ3n) is 11.0. The highest BCUT2D eigenvalue weighted by Crippen LogP contribution is 2.22. The van der Waals surface area contributed by atoms with Crippen LogP contribution in [0.5, 0.6) is 0 Å². The molecule has 1 aliphatic rings. The average molecular weight is 885 g/mol. The lowest BCUT2D eigenvalue weighted by atomic mass is 9.99. The van der Waals surface area contributed by atoms with Crippen molar-refractivity contribution >= 4 is 5.97 Å². The van der Waals surface area contributed by atoms with E-state index >= 15 is 0 Å². The van der Waals surface area contributed by atoms with Gasteiger partial charge < -0.3 is 39.4 Å². The van der Waals surface area contributed by atoms with E-state index < -0.39 is 43.4 Å². The molecule has 0 radical (unpaired) electrons. The number of esters is 1. The molecule has 0 bridgehead atoms. The fourth-order valence-electron chi connectivity index (χ4n) is 7.14. The molecular formula is C54H92O9. The molecule has 362 valence electrons. The zero-order valence-corrected chi connectivity index (χ0v) is 39.8. The van der Waals surface area contributed by atoms with Crippen molar-refractivity contribution in [2.24, 2.45) is 0 Å². The Bertz CT molecular complexity index is 1240. The SMILES string of the molecule is CC/C=C\C/C=C\C/C=C\C/C=C\C/C=C\C/C=C\CCCCCCCOCC(COC1OC(CO)C(O)C(O)C1O)OC(=O)CCCCCCC/C=C\CCCCCCCCC. The van der Waals surface area contributed by atoms with Crippen molar-refractivity contribution in [2.45, 2.75) is 224 Å². The van der Waals surface area contributed by atoms with E-state index in [9.17, 15) is 25.2 Å². The van der Waals surface area contributed by atoms with Crippen molar-refractivity contribution in [3.05, 3.63) is 85.1 Å². The first-order valence-corrected chi connectivity index (χ1v) is 25.2. The molecule has 6 unspecified atom stereocenters. The number of aliphatic hydroxyl groups is 4. The molecule has 0 spiro atoms. The van der Waals surface area contributed by atoms with Crippen LogP contribution in [0.1, 0.15) is 187 Å². The average Bonchev–Trinajstić information content (AvgIpc) is 3.28. The first-order valence-electron chi connectivity index (χ1n) is 25.2. The van der Waals surface area contributed by atoms with Gasteiger partial charge >= 0.3 is 5.97 Å². The Labute approximate surface area is 384 Å². The number of aliphatic hydroxyl groups excluding tert-OH is 4. The molecule has 0 aliphatic carbocycles. The highest BCUT2D eigenvalue weighted by molar-refractivity contribution is 5.69. The molecule has 1 fully saturated rings. The van der Waals surface area contributed by atoms with E-state index in [-0.39, 0.29) is 19.2 Å². The Balaban J connectivity index is 2.25. The van der Waals surface area contributed by atoms with Crippen LogP contribution in [0.3, 0.4) is 0 Å². The maximum Gasteiger partial charge on any atom is 0.306 e. The maximum atomic E-state index is 12.8. The van der Waals surface area contributed by atoms with Gasteiger partial charge in [0.05, 0.1) is 19.8 Å². The van der Waals surface area contributed by atoms with E-state index in [1.165, 1.54) is 51.4 Å². The van der Waals surface area contributed by atoms with Gasteiger partial charge in [-0.3, -0.25) is 4.79 Å². The second-order valence-electron chi connectivity index (χ2n) is 16.9. The fourth-order valence-corrected chi connectivity index (χ4v) is 7.14. The number of carbonyl (C=O) groups is 1. The predicted octanol–water partition coefficient (Wildman–Crippen LogP) is 12.2. The highest BCUT2D eigenvalue weighted by atomic mass is 16.7. The number of hydrogen-bond donors (Lipinski definition) is 4. The molecule has 0 amide bonds. The summed E-state index contributed by atoms with van der Waals surface area (Å²) in [5, 5.41) is 40.2. The molecule has 9 nitrogen and oxygen atoms in total. The van der Waals surface area contributed by atoms with Crippen molar-refractivity contribution in [3.63, 3.8) is 0 Å². The lowest BCUT2D eigenvalue weighted by Crippen LogP contribution is -2.59. The smallest absolute Gasteiger partial charge is 0.306 e. The lowest BCUT2D eigenvalue weighted by Gasteiger charge is -2.39. The number of ether oxygens (including phenoxy) is 4. The van der Waals surface area contributed by atoms with Crippen molar-refractivity contribution in [1.29, 1.82) is 0 Å². The monoisotopic (exact) mass is 885 g/mol. The molecule has 0 saturated carbocycles. The van der Waals surface area contributed by atoms with Gasteiger partial charge in [0.1, 0.15) is 30.5 Å². The van der Waals surface area contributed by atoms with Gasteiger partial charge in [-0.2, -0.15) is 0 Å². The van der Waals surface area contributed by atoms with E-state index in [2.05, 4.69) is 98.9 Å². The molecule has 1 saturated heterocycles. The minimum Gasteiger partial charge on any atom is -0.457 e. The molecule has 0 aromatic rings. The Morgan fingerprint density at radius 3 is 1.48 bits per heavy atom. The Morgan fingerprint density at radius 1 is 0.524 bits per heavy atom. The number of rotatable bonds is 42. The third-order valence-corrected chi connectivity index (χ3v) is 11.0. The normalized spacial score (nSPS) is 20.4. The summed E-state index contributed by atoms with van der Waals surface area (Å²) in [6.45, 7) is 4.38. The fraction of sp³-hybridized carbons (Fsp3) is 0.722. The van der Waals surface area contributed by atoms with Crippen molar-refractivity contribution in [1.82, 2.24) is 0 Å². The third kappa shape index (κ3) is 35.3. The summed E-state index contributed by atoms with van der Waals surface area (Å²) in [6.07, 6.45) is 53.2. The second kappa shape index (κ2) is 44.6. The van der Waals surface area contributed by atoms with Crippen LogP contribution in [-0.4, -0.2) is 89.6 Å². The lowest BCUT2D eigenvalue weighted by molar-refractivity contribution is -0.305. The van der Waals surface area contributed by atoms with Gasteiger partial charge in [-0.15, -0.1) is 0 Å². The topological polar surface area (TPSA) is 135 Å². The van der Waals surface area contributed by atoms with Crippen molar-refractivity contribution < 1.29 is 44.2 Å². The van der Waals surface area contributed by atoms with Crippen LogP contribution in [0.4, 0.5) is 0 Å². The summed E-state index contributed by atoms with van der Waals surface area (Å²) in [4.78, 5) is 12.8. The first kappa shape index (κ1) is 58.4. The van der Waals surface area contributed by atoms with Gasteiger partial charge in [0.15, 0.2) is 6.29 Å². The van der Waals surface area contributed by atoms with Crippen LogP contribution < -0.4 is 0 Å². The molecule has 1 rings (SSSR count). The Kier molecular flexibility index (Phi) is 41.3. The number of allylic oxidation sites excluding steroid dienone is 14. The van der Waals surface area contributed by atoms with Crippen LogP contribution in [0.2, 0.25) is 0 Å². The Morgan fingerprint density at radius 2 is 0.968 bits per heavy atom. The molecule has 1 heterocycles. The minimum atomic E-state index is -1.55. The largest absolute Gasteiger partial charge is 0.457 e. The van der Waals surface area contributed by atoms with Crippen molar-refractivity contribution in [3.8, 4) is 0 Å². The molecule has 1 aliphatic heterocycles. The van der Waals surface area contributed by atoms with Gasteiger partial charge in [-0.25, -0.2) is 0 Å². The minimum absolute atomic E-state index is 0.123. The number of unbranched alkanes of at least 4 members (excludes halogenated alkanes) is 17. The molecule has 4 N–H and O–H groups in total. The highest BCUT2D eigenvalue weighted by Gasteiger charge is 2.44. The van der Waals surface area contributed by atoms with E-state index in [0.717, 1.165) is 116 Å². The van der Waals surface area contributed by atoms with Crippen LogP contribution in [-0.2, 0) is 23.7 Å². The Hall–Kier alpha value is -2.63. The van der Waals surface area contributed by atoms with E-state index in [1.807, 2.05) is 0 Å². The summed E-state index contributed by atoms with van der Waals surface area (Å²) < 4.78 is 22.8. The van der Waals surface area contributed by atoms with Gasteiger partial charge in [-0.1, -0.05) is 176 Å². The van der Waals surface area contributed by atoms with Crippen molar-refractivity contribution in [2.75, 3.05) is 26.4 Å². The molecule has 6 atom stereocenters. The zero-order chi connectivity index (χ0) is 45.7. The second-order valence-corrected chi connectivity index (χ2v) is 16.9. The zero-order valence-electron chi connectivity index (χ0n) is 39.8. The summed E-state index contributed by atoms with van der Waals surface area (Å²) >= 11 is 0. The summed E-state index contributed by atoms with van der Waals surface area (Å²) in [5.41, 5.74) is 0. The predicted molar refractivity (Wildman–Crippen MR) is 260 cm³/mol. The molecule has 0 aromatic heterocycles. The standard InChI is InChI=1S/C54H92O9/c1-3-5-7-9-11-13-15-17-19-21-22-23-24-25-26-27-28-30-32-34-36-38-40-42-44-60-46-48(47-61-54-53(59)52(58)51(57)49(45-55)63-54)62-50(56)43-41-39-37-35-33-31-29-20-18-16-14-12-10-8-6-4-2/h5,7,11,13,17,19-20,22-23,25-26,28-30,48-49,51-55,57-59H,3-4,6,8-10,12,14-16,18,21,24,27,31-47H2,1-2H3/b7-5-,13-11-,19-17-,23-22-,26-25-,29-20-,30-28-. The molecule has 63 heavy (non-hydrogen) atoms. The summed E-state index contributed by atoms with van der Waals surface area (Å²) in [7, 11) is 0. The maximum absolute atomic E-state index is 12.8. The summed E-state index contributed by atoms with van der Waals surface area (Å²) in [5.74, 6) is -0.332. The van der Waals surface area contributed by atoms with E-state index in [1.54, 1.807) is 0 Å². The van der Waals surface area contributed by atoms with Gasteiger partial charge in [0.25, 0.3) is 0 Å².